The highest BCUT2D eigenvalue weighted by molar-refractivity contribution is 5.90. The molecule has 0 heterocycles. The number of carbonyl (C=O) groups is 1. The Morgan fingerprint density at radius 1 is 1.38 bits per heavy atom. The third kappa shape index (κ3) is 2.19. The summed E-state index contributed by atoms with van der Waals surface area (Å²) in [5.74, 6) is 5.20. The maximum atomic E-state index is 10.8. The Bertz CT molecular complexity index is 323. The van der Waals surface area contributed by atoms with E-state index in [-0.39, 0.29) is 5.91 Å². The Labute approximate surface area is 77.1 Å². The van der Waals surface area contributed by atoms with Gasteiger partial charge >= 0.3 is 0 Å². The van der Waals surface area contributed by atoms with Gasteiger partial charge in [-0.05, 0) is 24.6 Å². The number of rotatable bonds is 2. The Kier molecular flexibility index (Phi) is 2.87. The number of hydrogen-bond acceptors (Lipinski definition) is 3. The lowest BCUT2D eigenvalue weighted by atomic mass is 10.1. The molecule has 0 saturated heterocycles. The summed E-state index contributed by atoms with van der Waals surface area (Å²) >= 11 is 0. The molecule has 4 nitrogen and oxygen atoms in total. The fraction of sp³-hybridized carbons (Fsp3) is 0.222. The van der Waals surface area contributed by atoms with E-state index in [1.807, 2.05) is 25.1 Å². The first-order valence-electron chi connectivity index (χ1n) is 3.99. The van der Waals surface area contributed by atoms with Crippen molar-refractivity contribution in [2.75, 3.05) is 10.7 Å². The van der Waals surface area contributed by atoms with E-state index in [9.17, 15) is 4.79 Å². The molecule has 0 spiro atoms. The van der Waals surface area contributed by atoms with Gasteiger partial charge in [-0.3, -0.25) is 10.6 Å². The largest absolute Gasteiger partial charge is 0.326 e. The van der Waals surface area contributed by atoms with Gasteiger partial charge in [-0.1, -0.05) is 6.07 Å². The van der Waals surface area contributed by atoms with Gasteiger partial charge in [0.05, 0.1) is 5.69 Å². The second-order valence-electron chi connectivity index (χ2n) is 2.80. The molecule has 0 aromatic heterocycles. The first kappa shape index (κ1) is 9.54. The standard InChI is InChI=1S/C9H13N3O/c1-6-8(11-7(2)13)4-3-5-9(6)12-10/h3-5,12H,10H2,1-2H3,(H,11,13). The van der Waals surface area contributed by atoms with Crippen LogP contribution in [0.4, 0.5) is 11.4 Å². The van der Waals surface area contributed by atoms with Crippen LogP contribution in [-0.2, 0) is 4.79 Å². The highest BCUT2D eigenvalue weighted by atomic mass is 16.1. The molecule has 1 aromatic rings. The fourth-order valence-corrected chi connectivity index (χ4v) is 1.12. The monoisotopic (exact) mass is 179 g/mol. The molecule has 13 heavy (non-hydrogen) atoms. The lowest BCUT2D eigenvalue weighted by molar-refractivity contribution is -0.114. The second kappa shape index (κ2) is 3.91. The van der Waals surface area contributed by atoms with Gasteiger partial charge in [0.15, 0.2) is 0 Å². The molecule has 1 rings (SSSR count). The Balaban J connectivity index is 3.01. The molecule has 4 heteroatoms. The van der Waals surface area contributed by atoms with Crippen molar-refractivity contribution < 1.29 is 4.79 Å². The van der Waals surface area contributed by atoms with Crippen LogP contribution in [0.2, 0.25) is 0 Å². The number of nitrogen functional groups attached to an aromatic ring is 1. The highest BCUT2D eigenvalue weighted by Crippen LogP contribution is 2.21. The number of carbonyl (C=O) groups excluding carboxylic acids is 1. The van der Waals surface area contributed by atoms with Gasteiger partial charge < -0.3 is 10.7 Å². The van der Waals surface area contributed by atoms with Crippen molar-refractivity contribution >= 4 is 17.3 Å². The normalized spacial score (nSPS) is 9.46. The van der Waals surface area contributed by atoms with E-state index in [1.54, 1.807) is 0 Å². The van der Waals surface area contributed by atoms with Crippen molar-refractivity contribution in [1.29, 1.82) is 0 Å². The third-order valence-electron chi connectivity index (χ3n) is 1.80. The van der Waals surface area contributed by atoms with Crippen LogP contribution in [0.15, 0.2) is 18.2 Å². The molecule has 4 N–H and O–H groups in total. The van der Waals surface area contributed by atoms with E-state index in [1.165, 1.54) is 6.92 Å². The topological polar surface area (TPSA) is 67.2 Å². The summed E-state index contributed by atoms with van der Waals surface area (Å²) < 4.78 is 0. The first-order valence-corrected chi connectivity index (χ1v) is 3.99. The van der Waals surface area contributed by atoms with E-state index >= 15 is 0 Å². The molecule has 0 atom stereocenters. The SMILES string of the molecule is CC(=O)Nc1cccc(NN)c1C. The van der Waals surface area contributed by atoms with Crippen LogP contribution >= 0.6 is 0 Å². The maximum absolute atomic E-state index is 10.8. The molecule has 0 bridgehead atoms. The van der Waals surface area contributed by atoms with Gasteiger partial charge in [-0.25, -0.2) is 0 Å². The van der Waals surface area contributed by atoms with Crippen molar-refractivity contribution in [2.24, 2.45) is 5.84 Å². The van der Waals surface area contributed by atoms with Crippen LogP contribution in [0.25, 0.3) is 0 Å². The van der Waals surface area contributed by atoms with Gasteiger partial charge in [0.25, 0.3) is 0 Å². The van der Waals surface area contributed by atoms with Crippen LogP contribution in [0, 0.1) is 6.92 Å². The lowest BCUT2D eigenvalue weighted by Crippen LogP contribution is -2.11. The lowest BCUT2D eigenvalue weighted by Gasteiger charge is -2.10. The number of nitrogens with two attached hydrogens (primary N) is 1. The number of anilines is 2. The molecule has 0 saturated carbocycles. The molecule has 0 aliphatic carbocycles. The zero-order valence-corrected chi connectivity index (χ0v) is 7.72. The summed E-state index contributed by atoms with van der Waals surface area (Å²) in [5.41, 5.74) is 5.08. The molecule has 1 amide bonds. The number of nitrogens with one attached hydrogen (secondary N) is 2. The Hall–Kier alpha value is -1.55. The minimum absolute atomic E-state index is 0.0859. The van der Waals surface area contributed by atoms with Crippen molar-refractivity contribution in [3.8, 4) is 0 Å². The number of hydrogen-bond donors (Lipinski definition) is 3. The minimum atomic E-state index is -0.0859. The molecule has 0 radical (unpaired) electrons. The van der Waals surface area contributed by atoms with Crippen LogP contribution in [0.3, 0.4) is 0 Å². The molecule has 70 valence electrons. The quantitative estimate of drug-likeness (QED) is 0.472. The van der Waals surface area contributed by atoms with Crippen molar-refractivity contribution in [3.05, 3.63) is 23.8 Å². The maximum Gasteiger partial charge on any atom is 0.221 e. The Morgan fingerprint density at radius 2 is 2.00 bits per heavy atom. The number of hydrazine groups is 1. The van der Waals surface area contributed by atoms with Crippen molar-refractivity contribution in [1.82, 2.24) is 0 Å². The van der Waals surface area contributed by atoms with Crippen LogP contribution in [0.1, 0.15) is 12.5 Å². The summed E-state index contributed by atoms with van der Waals surface area (Å²) in [6.45, 7) is 3.36. The zero-order valence-electron chi connectivity index (χ0n) is 7.72. The summed E-state index contributed by atoms with van der Waals surface area (Å²) in [4.78, 5) is 10.8. The van der Waals surface area contributed by atoms with E-state index in [4.69, 9.17) is 5.84 Å². The van der Waals surface area contributed by atoms with Crippen LogP contribution in [-0.4, -0.2) is 5.91 Å². The third-order valence-corrected chi connectivity index (χ3v) is 1.80. The average Bonchev–Trinajstić information content (AvgIpc) is 2.08. The van der Waals surface area contributed by atoms with E-state index in [0.717, 1.165) is 16.9 Å². The van der Waals surface area contributed by atoms with E-state index in [2.05, 4.69) is 10.7 Å². The molecule has 0 aliphatic heterocycles. The molecule has 0 unspecified atom stereocenters. The second-order valence-corrected chi connectivity index (χ2v) is 2.80. The Morgan fingerprint density at radius 3 is 2.54 bits per heavy atom. The minimum Gasteiger partial charge on any atom is -0.326 e. The highest BCUT2D eigenvalue weighted by Gasteiger charge is 2.02. The summed E-state index contributed by atoms with van der Waals surface area (Å²) in [6.07, 6.45) is 0. The van der Waals surface area contributed by atoms with E-state index in [0.29, 0.717) is 0 Å². The summed E-state index contributed by atoms with van der Waals surface area (Å²) in [7, 11) is 0. The van der Waals surface area contributed by atoms with Crippen LogP contribution in [0.5, 0.6) is 0 Å². The number of amides is 1. The van der Waals surface area contributed by atoms with Crippen molar-refractivity contribution in [2.45, 2.75) is 13.8 Å². The molecule has 1 aromatic carbocycles. The smallest absolute Gasteiger partial charge is 0.221 e. The van der Waals surface area contributed by atoms with Gasteiger partial charge in [0.1, 0.15) is 0 Å². The molecule has 0 aliphatic rings. The summed E-state index contributed by atoms with van der Waals surface area (Å²) in [6, 6.07) is 5.51. The number of benzene rings is 1. The zero-order chi connectivity index (χ0) is 9.84. The van der Waals surface area contributed by atoms with Crippen LogP contribution < -0.4 is 16.6 Å². The van der Waals surface area contributed by atoms with Gasteiger partial charge in [-0.15, -0.1) is 0 Å². The van der Waals surface area contributed by atoms with Gasteiger partial charge in [0.2, 0.25) is 5.91 Å². The van der Waals surface area contributed by atoms with Gasteiger partial charge in [-0.2, -0.15) is 0 Å². The fourth-order valence-electron chi connectivity index (χ4n) is 1.12. The predicted molar refractivity (Wildman–Crippen MR) is 53.3 cm³/mol. The molecular weight excluding hydrogens is 166 g/mol. The summed E-state index contributed by atoms with van der Waals surface area (Å²) in [5, 5.41) is 2.71. The molecular formula is C9H13N3O. The molecule has 0 fully saturated rings. The first-order chi connectivity index (χ1) is 6.15. The van der Waals surface area contributed by atoms with Crippen molar-refractivity contribution in [3.63, 3.8) is 0 Å². The average molecular weight is 179 g/mol. The van der Waals surface area contributed by atoms with E-state index < -0.39 is 0 Å². The van der Waals surface area contributed by atoms with Gasteiger partial charge in [0, 0.05) is 12.6 Å². The predicted octanol–water partition coefficient (Wildman–Crippen LogP) is 1.24.